The Morgan fingerprint density at radius 2 is 2.14 bits per heavy atom. The highest BCUT2D eigenvalue weighted by molar-refractivity contribution is 7.13. The normalized spacial score (nSPS) is 10.8. The van der Waals surface area contributed by atoms with E-state index < -0.39 is 0 Å². The van der Waals surface area contributed by atoms with E-state index >= 15 is 0 Å². The molecule has 0 saturated heterocycles. The zero-order valence-electron chi connectivity index (χ0n) is 12.0. The molecule has 0 unspecified atom stereocenters. The molecule has 6 heteroatoms. The Bertz CT molecular complexity index is 571. The van der Waals surface area contributed by atoms with Gasteiger partial charge in [-0.2, -0.15) is 0 Å². The Morgan fingerprint density at radius 3 is 2.76 bits per heavy atom. The molecule has 0 aliphatic rings. The molecule has 2 N–H and O–H groups in total. The highest BCUT2D eigenvalue weighted by Crippen LogP contribution is 2.14. The van der Waals surface area contributed by atoms with Crippen LogP contribution >= 0.6 is 11.3 Å². The van der Waals surface area contributed by atoms with Crippen molar-refractivity contribution in [3.63, 3.8) is 0 Å². The van der Waals surface area contributed by atoms with E-state index in [9.17, 15) is 4.79 Å². The Kier molecular flexibility index (Phi) is 5.86. The third-order valence-corrected chi connectivity index (χ3v) is 3.77. The second-order valence-corrected chi connectivity index (χ2v) is 5.62. The van der Waals surface area contributed by atoms with Crippen molar-refractivity contribution in [1.29, 1.82) is 0 Å². The van der Waals surface area contributed by atoms with Crippen molar-refractivity contribution in [3.8, 4) is 0 Å². The topological polar surface area (TPSA) is 65.5 Å². The lowest BCUT2D eigenvalue weighted by Crippen LogP contribution is -2.34. The average molecular weight is 305 g/mol. The first-order valence-electron chi connectivity index (χ1n) is 6.76. The number of rotatable bonds is 7. The number of nitrogens with one attached hydrogen (secondary N) is 1. The van der Waals surface area contributed by atoms with Gasteiger partial charge in [-0.15, -0.1) is 11.3 Å². The predicted molar refractivity (Wildman–Crippen MR) is 84.3 cm³/mol. The lowest BCUT2D eigenvalue weighted by atomic mass is 10.2. The van der Waals surface area contributed by atoms with Crippen molar-refractivity contribution in [1.82, 2.24) is 9.88 Å². The van der Waals surface area contributed by atoms with Crippen LogP contribution in [0.1, 0.15) is 11.3 Å². The molecule has 0 spiro atoms. The van der Waals surface area contributed by atoms with Crippen molar-refractivity contribution < 1.29 is 9.90 Å². The number of benzene rings is 1. The molecule has 0 aliphatic heterocycles. The van der Waals surface area contributed by atoms with Gasteiger partial charge in [0.2, 0.25) is 5.91 Å². The molecule has 0 bridgehead atoms. The highest BCUT2D eigenvalue weighted by atomic mass is 32.1. The van der Waals surface area contributed by atoms with E-state index in [-0.39, 0.29) is 19.1 Å². The van der Waals surface area contributed by atoms with E-state index in [4.69, 9.17) is 5.11 Å². The van der Waals surface area contributed by atoms with Gasteiger partial charge in [0.25, 0.3) is 0 Å². The van der Waals surface area contributed by atoms with E-state index in [1.807, 2.05) is 47.5 Å². The smallest absolute Gasteiger partial charge is 0.240 e. The summed E-state index contributed by atoms with van der Waals surface area (Å²) in [6.07, 6.45) is 0. The molecule has 1 heterocycles. The van der Waals surface area contributed by atoms with Crippen LogP contribution in [0.5, 0.6) is 0 Å². The van der Waals surface area contributed by atoms with Crippen molar-refractivity contribution in [2.75, 3.05) is 25.0 Å². The molecule has 1 aromatic carbocycles. The number of nitrogens with zero attached hydrogens (tertiary/aromatic N) is 2. The van der Waals surface area contributed by atoms with E-state index in [0.717, 1.165) is 11.3 Å². The molecule has 0 atom stereocenters. The van der Waals surface area contributed by atoms with Crippen LogP contribution in [0, 0.1) is 6.92 Å². The van der Waals surface area contributed by atoms with Crippen molar-refractivity contribution in [3.05, 3.63) is 47.0 Å². The van der Waals surface area contributed by atoms with Gasteiger partial charge in [0.05, 0.1) is 18.8 Å². The number of aryl methyl sites for hydroxylation is 1. The zero-order chi connectivity index (χ0) is 15.1. The van der Waals surface area contributed by atoms with Crippen molar-refractivity contribution in [2.45, 2.75) is 13.5 Å². The van der Waals surface area contributed by atoms with Crippen LogP contribution in [-0.4, -0.2) is 40.6 Å². The number of hydrogen-bond donors (Lipinski definition) is 2. The summed E-state index contributed by atoms with van der Waals surface area (Å²) >= 11 is 1.41. The summed E-state index contributed by atoms with van der Waals surface area (Å²) in [5.74, 6) is -0.117. The van der Waals surface area contributed by atoms with Gasteiger partial charge < -0.3 is 10.4 Å². The van der Waals surface area contributed by atoms with E-state index in [2.05, 4.69) is 10.3 Å². The quantitative estimate of drug-likeness (QED) is 0.820. The monoisotopic (exact) mass is 305 g/mol. The number of carbonyl (C=O) groups is 1. The summed E-state index contributed by atoms with van der Waals surface area (Å²) < 4.78 is 0. The minimum absolute atomic E-state index is 0.0243. The molecule has 21 heavy (non-hydrogen) atoms. The Labute approximate surface area is 128 Å². The zero-order valence-corrected chi connectivity index (χ0v) is 12.8. The summed E-state index contributed by atoms with van der Waals surface area (Å²) in [5.41, 5.74) is 2.01. The molecule has 5 nitrogen and oxygen atoms in total. The first-order valence-corrected chi connectivity index (χ1v) is 7.64. The molecule has 1 amide bonds. The number of anilines is 1. The van der Waals surface area contributed by atoms with Gasteiger partial charge in [0.1, 0.15) is 0 Å². The van der Waals surface area contributed by atoms with Crippen LogP contribution < -0.4 is 5.32 Å². The van der Waals surface area contributed by atoms with Gasteiger partial charge in [0, 0.05) is 18.5 Å². The molecular weight excluding hydrogens is 286 g/mol. The van der Waals surface area contributed by atoms with E-state index in [1.54, 1.807) is 0 Å². The maximum absolute atomic E-state index is 12.0. The van der Waals surface area contributed by atoms with E-state index in [0.29, 0.717) is 18.2 Å². The molecule has 0 radical (unpaired) electrons. The maximum atomic E-state index is 12.0. The Balaban J connectivity index is 1.91. The van der Waals surface area contributed by atoms with Gasteiger partial charge in [0.15, 0.2) is 5.13 Å². The minimum Gasteiger partial charge on any atom is -0.395 e. The number of carbonyl (C=O) groups excluding carboxylic acids is 1. The lowest BCUT2D eigenvalue weighted by Gasteiger charge is -2.20. The van der Waals surface area contributed by atoms with Gasteiger partial charge in [-0.3, -0.25) is 9.69 Å². The van der Waals surface area contributed by atoms with Crippen LogP contribution in [0.4, 0.5) is 5.13 Å². The lowest BCUT2D eigenvalue weighted by molar-refractivity contribution is -0.117. The van der Waals surface area contributed by atoms with Gasteiger partial charge >= 0.3 is 0 Å². The molecule has 2 aromatic rings. The fourth-order valence-corrected chi connectivity index (χ4v) is 2.67. The summed E-state index contributed by atoms with van der Waals surface area (Å²) in [5, 5.41) is 14.4. The summed E-state index contributed by atoms with van der Waals surface area (Å²) in [6.45, 7) is 3.23. The first kappa shape index (κ1) is 15.6. The van der Waals surface area contributed by atoms with Gasteiger partial charge in [-0.1, -0.05) is 30.3 Å². The summed E-state index contributed by atoms with van der Waals surface area (Å²) in [4.78, 5) is 18.1. The summed E-state index contributed by atoms with van der Waals surface area (Å²) in [6, 6.07) is 9.89. The van der Waals surface area contributed by atoms with Crippen LogP contribution in [0.15, 0.2) is 35.7 Å². The molecule has 112 valence electrons. The number of aliphatic hydroxyl groups is 1. The van der Waals surface area contributed by atoms with Gasteiger partial charge in [-0.05, 0) is 12.5 Å². The third-order valence-electron chi connectivity index (χ3n) is 2.90. The number of aliphatic hydroxyl groups excluding tert-OH is 1. The largest absolute Gasteiger partial charge is 0.395 e. The molecule has 0 aliphatic carbocycles. The number of aromatic nitrogens is 1. The molecule has 0 fully saturated rings. The number of hydrogen-bond acceptors (Lipinski definition) is 5. The average Bonchev–Trinajstić information content (AvgIpc) is 2.85. The van der Waals surface area contributed by atoms with Crippen molar-refractivity contribution >= 4 is 22.4 Å². The second kappa shape index (κ2) is 7.87. The van der Waals surface area contributed by atoms with Crippen LogP contribution in [0.2, 0.25) is 0 Å². The molecule has 0 saturated carbocycles. The molecule has 1 aromatic heterocycles. The van der Waals surface area contributed by atoms with Gasteiger partial charge in [-0.25, -0.2) is 4.98 Å². The summed E-state index contributed by atoms with van der Waals surface area (Å²) in [7, 11) is 0. The van der Waals surface area contributed by atoms with Crippen molar-refractivity contribution in [2.24, 2.45) is 0 Å². The molecule has 2 rings (SSSR count). The Morgan fingerprint density at radius 1 is 1.38 bits per heavy atom. The third kappa shape index (κ3) is 5.26. The van der Waals surface area contributed by atoms with Crippen LogP contribution in [0.25, 0.3) is 0 Å². The minimum atomic E-state index is -0.117. The number of thiazole rings is 1. The van der Waals surface area contributed by atoms with Crippen LogP contribution in [0.3, 0.4) is 0 Å². The fraction of sp³-hybridized carbons (Fsp3) is 0.333. The fourth-order valence-electron chi connectivity index (χ4n) is 1.97. The maximum Gasteiger partial charge on any atom is 0.240 e. The van der Waals surface area contributed by atoms with Crippen LogP contribution in [-0.2, 0) is 11.3 Å². The standard InChI is InChI=1S/C15H19N3O2S/c1-12-11-21-15(16-12)17-14(20)10-18(7-8-19)9-13-5-3-2-4-6-13/h2-6,11,19H,7-10H2,1H3,(H,16,17,20). The number of amides is 1. The highest BCUT2D eigenvalue weighted by Gasteiger charge is 2.12. The first-order chi connectivity index (χ1) is 10.2. The SMILES string of the molecule is Cc1csc(NC(=O)CN(CCO)Cc2ccccc2)n1. The predicted octanol–water partition coefficient (Wildman–Crippen LogP) is 1.88. The van der Waals surface area contributed by atoms with E-state index in [1.165, 1.54) is 11.3 Å². The molecular formula is C15H19N3O2S. The Hall–Kier alpha value is -1.76. The second-order valence-electron chi connectivity index (χ2n) is 4.76.